The minimum absolute atomic E-state index is 0.229. The van der Waals surface area contributed by atoms with Gasteiger partial charge < -0.3 is 5.32 Å². The molecule has 0 aromatic heterocycles. The number of alkyl halides is 3. The molecule has 0 saturated carbocycles. The Hall–Kier alpha value is -3.57. The molecule has 0 spiro atoms. The van der Waals surface area contributed by atoms with Crippen LogP contribution in [0.5, 0.6) is 0 Å². The molecule has 35 heavy (non-hydrogen) atoms. The Morgan fingerprint density at radius 3 is 2.37 bits per heavy atom. The number of nitrogens with zero attached hydrogens (tertiary/aromatic N) is 2. The van der Waals surface area contributed by atoms with E-state index in [1.165, 1.54) is 24.3 Å². The summed E-state index contributed by atoms with van der Waals surface area (Å²) in [7, 11) is -4.48. The van der Waals surface area contributed by atoms with E-state index in [4.69, 9.17) is 11.6 Å². The van der Waals surface area contributed by atoms with Crippen LogP contribution in [0.3, 0.4) is 0 Å². The summed E-state index contributed by atoms with van der Waals surface area (Å²) in [5, 5.41) is 1.99. The highest BCUT2D eigenvalue weighted by Crippen LogP contribution is 2.38. The lowest BCUT2D eigenvalue weighted by atomic mass is 10.1. The Bertz CT molecular complexity index is 1400. The van der Waals surface area contributed by atoms with Crippen molar-refractivity contribution >= 4 is 50.5 Å². The summed E-state index contributed by atoms with van der Waals surface area (Å²) in [5.74, 6) is -1.31. The molecule has 1 heterocycles. The van der Waals surface area contributed by atoms with Crippen molar-refractivity contribution in [2.45, 2.75) is 11.1 Å². The van der Waals surface area contributed by atoms with Crippen molar-refractivity contribution in [2.75, 3.05) is 27.6 Å². The molecule has 0 fully saturated rings. The van der Waals surface area contributed by atoms with Crippen molar-refractivity contribution < 1.29 is 31.2 Å². The van der Waals surface area contributed by atoms with Gasteiger partial charge >= 0.3 is 6.18 Å². The van der Waals surface area contributed by atoms with E-state index >= 15 is 0 Å². The average molecular weight is 524 g/mol. The number of anilines is 3. The fraction of sp³-hybridized carbons (Fsp3) is 0.130. The number of amides is 2. The van der Waals surface area contributed by atoms with Gasteiger partial charge in [0.05, 0.1) is 32.5 Å². The molecular formula is C23H17ClF3N3O4S. The predicted molar refractivity (Wildman–Crippen MR) is 125 cm³/mol. The molecule has 0 aliphatic carbocycles. The largest absolute Gasteiger partial charge is 0.417 e. The van der Waals surface area contributed by atoms with E-state index in [9.17, 15) is 31.2 Å². The Kier molecular flexibility index (Phi) is 6.48. The molecular weight excluding hydrogens is 507 g/mol. The molecule has 182 valence electrons. The first kappa shape index (κ1) is 24.6. The Morgan fingerprint density at radius 1 is 1.03 bits per heavy atom. The number of benzene rings is 3. The van der Waals surface area contributed by atoms with Crippen LogP contribution in [-0.2, 0) is 25.8 Å². The molecule has 1 N–H and O–H groups in total. The van der Waals surface area contributed by atoms with Gasteiger partial charge in [-0.15, -0.1) is 0 Å². The number of fused-ring (bicyclic) bond motifs is 1. The van der Waals surface area contributed by atoms with Crippen LogP contribution in [0.15, 0.2) is 77.7 Å². The molecule has 3 aromatic rings. The lowest BCUT2D eigenvalue weighted by molar-refractivity contribution is -0.137. The summed E-state index contributed by atoms with van der Waals surface area (Å²) in [6.45, 7) is -1.25. The Balaban J connectivity index is 1.80. The highest BCUT2D eigenvalue weighted by Gasteiger charge is 2.36. The number of hydrogen-bond donors (Lipinski definition) is 1. The highest BCUT2D eigenvalue weighted by atomic mass is 35.5. The van der Waals surface area contributed by atoms with Gasteiger partial charge in [0.25, 0.3) is 10.0 Å². The number of halogens is 4. The highest BCUT2D eigenvalue weighted by molar-refractivity contribution is 7.92. The van der Waals surface area contributed by atoms with E-state index in [2.05, 4.69) is 5.32 Å². The van der Waals surface area contributed by atoms with Crippen LogP contribution in [0.2, 0.25) is 5.02 Å². The molecule has 0 radical (unpaired) electrons. The van der Waals surface area contributed by atoms with Crippen molar-refractivity contribution in [3.05, 3.63) is 83.4 Å². The number of rotatable bonds is 5. The maximum Gasteiger partial charge on any atom is 0.417 e. The number of carbonyl (C=O) groups excluding carboxylic acids is 2. The second-order valence-electron chi connectivity index (χ2n) is 7.53. The molecule has 0 saturated heterocycles. The van der Waals surface area contributed by atoms with Crippen LogP contribution >= 0.6 is 11.6 Å². The number of nitrogens with one attached hydrogen (secondary N) is 1. The van der Waals surface area contributed by atoms with Crippen LogP contribution in [-0.4, -0.2) is 33.3 Å². The van der Waals surface area contributed by atoms with Gasteiger partial charge in [0.2, 0.25) is 11.8 Å². The number of para-hydroxylation sites is 2. The van der Waals surface area contributed by atoms with Gasteiger partial charge in [-0.25, -0.2) is 8.42 Å². The van der Waals surface area contributed by atoms with Gasteiger partial charge in [0.15, 0.2) is 0 Å². The Labute approximate surface area is 203 Å². The lowest BCUT2D eigenvalue weighted by Crippen LogP contribution is -2.48. The smallest absolute Gasteiger partial charge is 0.323 e. The van der Waals surface area contributed by atoms with E-state index < -0.39 is 50.8 Å². The van der Waals surface area contributed by atoms with Crippen molar-refractivity contribution in [2.24, 2.45) is 0 Å². The third kappa shape index (κ3) is 4.96. The second-order valence-corrected chi connectivity index (χ2v) is 9.80. The molecule has 0 unspecified atom stereocenters. The van der Waals surface area contributed by atoms with E-state index in [1.54, 1.807) is 30.3 Å². The fourth-order valence-electron chi connectivity index (χ4n) is 3.58. The van der Waals surface area contributed by atoms with Crippen molar-refractivity contribution in [3.8, 4) is 0 Å². The number of sulfonamides is 1. The minimum Gasteiger partial charge on any atom is -0.323 e. The maximum atomic E-state index is 13.5. The van der Waals surface area contributed by atoms with Crippen LogP contribution in [0.4, 0.5) is 30.2 Å². The first-order valence-corrected chi connectivity index (χ1v) is 11.9. The van der Waals surface area contributed by atoms with Gasteiger partial charge in [-0.2, -0.15) is 13.2 Å². The molecule has 3 aromatic carbocycles. The van der Waals surface area contributed by atoms with Crippen LogP contribution in [0.1, 0.15) is 5.56 Å². The van der Waals surface area contributed by atoms with Gasteiger partial charge in [-0.05, 0) is 42.5 Å². The molecule has 4 rings (SSSR count). The van der Waals surface area contributed by atoms with E-state index in [1.807, 2.05) is 0 Å². The zero-order valence-electron chi connectivity index (χ0n) is 17.8. The Morgan fingerprint density at radius 2 is 1.69 bits per heavy atom. The van der Waals surface area contributed by atoms with E-state index in [0.717, 1.165) is 17.0 Å². The van der Waals surface area contributed by atoms with Crippen LogP contribution in [0.25, 0.3) is 0 Å². The number of carbonyl (C=O) groups is 2. The third-order valence-electron chi connectivity index (χ3n) is 5.23. The molecule has 12 heteroatoms. The van der Waals surface area contributed by atoms with E-state index in [-0.39, 0.29) is 11.4 Å². The lowest BCUT2D eigenvalue weighted by Gasteiger charge is -2.32. The zero-order chi connectivity index (χ0) is 25.4. The first-order valence-electron chi connectivity index (χ1n) is 10.1. The first-order chi connectivity index (χ1) is 16.5. The van der Waals surface area contributed by atoms with Gasteiger partial charge in [-0.1, -0.05) is 41.9 Å². The van der Waals surface area contributed by atoms with Crippen molar-refractivity contribution in [3.63, 3.8) is 0 Å². The molecule has 0 bridgehead atoms. The maximum absolute atomic E-state index is 13.5. The fourth-order valence-corrected chi connectivity index (χ4v) is 5.24. The summed E-state index contributed by atoms with van der Waals surface area (Å²) >= 11 is 5.71. The molecule has 7 nitrogen and oxygen atoms in total. The average Bonchev–Trinajstić information content (AvgIpc) is 2.82. The quantitative estimate of drug-likeness (QED) is 0.532. The van der Waals surface area contributed by atoms with Gasteiger partial charge in [0.1, 0.15) is 13.1 Å². The summed E-state index contributed by atoms with van der Waals surface area (Å²) in [6, 6.07) is 16.0. The standard InChI is InChI=1S/C23H17ClF3N3O4S/c24-18-11-10-15(12-17(18)23(25,26)27)30(35(33,34)16-6-2-1-3-7-16)14-22(32)29-13-21(31)28-19-8-4-5-9-20(19)29/h1-12H,13-14H2,(H,28,31). The van der Waals surface area contributed by atoms with Crippen molar-refractivity contribution in [1.29, 1.82) is 0 Å². The topological polar surface area (TPSA) is 86.8 Å². The molecule has 0 atom stereocenters. The zero-order valence-corrected chi connectivity index (χ0v) is 19.4. The molecule has 2 amide bonds. The summed E-state index contributed by atoms with van der Waals surface area (Å²) < 4.78 is 68.0. The SMILES string of the molecule is O=C1CN(C(=O)CN(c2ccc(Cl)c(C(F)(F)F)c2)S(=O)(=O)c2ccccc2)c2ccccc2N1. The van der Waals surface area contributed by atoms with Crippen molar-refractivity contribution in [1.82, 2.24) is 0 Å². The summed E-state index contributed by atoms with van der Waals surface area (Å²) in [5.41, 5.74) is -0.976. The van der Waals surface area contributed by atoms with E-state index in [0.29, 0.717) is 21.7 Å². The predicted octanol–water partition coefficient (Wildman–Crippen LogP) is 4.54. The molecule has 1 aliphatic rings. The van der Waals surface area contributed by atoms with Gasteiger partial charge in [0, 0.05) is 0 Å². The summed E-state index contributed by atoms with van der Waals surface area (Å²) in [4.78, 5) is 26.3. The molecule has 1 aliphatic heterocycles. The van der Waals surface area contributed by atoms with Gasteiger partial charge in [-0.3, -0.25) is 18.8 Å². The van der Waals surface area contributed by atoms with Crippen LogP contribution < -0.4 is 14.5 Å². The minimum atomic E-state index is -4.86. The van der Waals surface area contributed by atoms with Crippen LogP contribution in [0, 0.1) is 0 Å². The second kappa shape index (κ2) is 9.23. The monoisotopic (exact) mass is 523 g/mol. The summed E-state index contributed by atoms with van der Waals surface area (Å²) in [6.07, 6.45) is -4.86. The number of hydrogen-bond acceptors (Lipinski definition) is 4. The third-order valence-corrected chi connectivity index (χ3v) is 7.34. The normalized spacial score (nSPS) is 13.7.